The number of benzene rings is 1. The molecule has 1 aromatic rings. The number of rotatable bonds is 6. The monoisotopic (exact) mass is 293 g/mol. The second kappa shape index (κ2) is 7.06. The van der Waals surface area contributed by atoms with E-state index >= 15 is 0 Å². The van der Waals surface area contributed by atoms with Crippen LogP contribution in [-0.2, 0) is 0 Å². The average molecular weight is 293 g/mol. The molecule has 0 saturated heterocycles. The number of nitro groups is 1. The third-order valence-corrected chi connectivity index (χ3v) is 2.93. The molecular weight excluding hydrogens is 270 g/mol. The molecule has 0 fully saturated rings. The van der Waals surface area contributed by atoms with Crippen LogP contribution in [-0.4, -0.2) is 28.8 Å². The van der Waals surface area contributed by atoms with Crippen molar-refractivity contribution in [3.63, 3.8) is 0 Å². The summed E-state index contributed by atoms with van der Waals surface area (Å²) in [6.45, 7) is 9.38. The number of amides is 1. The Balaban J connectivity index is 3.08. The number of carbonyl (C=O) groups is 1. The molecule has 0 heterocycles. The van der Waals surface area contributed by atoms with Crippen molar-refractivity contribution in [3.05, 3.63) is 33.9 Å². The van der Waals surface area contributed by atoms with Crippen molar-refractivity contribution in [1.29, 1.82) is 0 Å². The SMILES string of the molecule is CC(C)CN(CC(C)C)C(=O)c1ccc(N)c([N+](=O)[O-])c1. The van der Waals surface area contributed by atoms with Gasteiger partial charge in [0.25, 0.3) is 11.6 Å². The van der Waals surface area contributed by atoms with E-state index in [4.69, 9.17) is 5.73 Å². The Morgan fingerprint density at radius 2 is 1.76 bits per heavy atom. The highest BCUT2D eigenvalue weighted by Gasteiger charge is 2.21. The van der Waals surface area contributed by atoms with Gasteiger partial charge < -0.3 is 10.6 Å². The summed E-state index contributed by atoms with van der Waals surface area (Å²) in [5.74, 6) is 0.466. The normalized spacial score (nSPS) is 11.0. The van der Waals surface area contributed by atoms with Crippen molar-refractivity contribution in [1.82, 2.24) is 4.90 Å². The van der Waals surface area contributed by atoms with Crippen LogP contribution in [0.4, 0.5) is 11.4 Å². The van der Waals surface area contributed by atoms with Crippen molar-refractivity contribution < 1.29 is 9.72 Å². The van der Waals surface area contributed by atoms with E-state index in [9.17, 15) is 14.9 Å². The Labute approximate surface area is 125 Å². The fourth-order valence-electron chi connectivity index (χ4n) is 2.14. The predicted octanol–water partition coefficient (Wildman–Crippen LogP) is 2.93. The van der Waals surface area contributed by atoms with Crippen LogP contribution in [0.15, 0.2) is 18.2 Å². The number of hydrogen-bond donors (Lipinski definition) is 1. The molecule has 1 amide bonds. The fourth-order valence-corrected chi connectivity index (χ4v) is 2.14. The third kappa shape index (κ3) is 4.73. The number of nitrogens with two attached hydrogens (primary N) is 1. The zero-order valence-electron chi connectivity index (χ0n) is 13.0. The standard InChI is InChI=1S/C15H23N3O3/c1-10(2)8-17(9-11(3)4)15(19)12-5-6-13(16)14(7-12)18(20)21/h5-7,10-11H,8-9,16H2,1-4H3. The van der Waals surface area contributed by atoms with Gasteiger partial charge in [-0.05, 0) is 24.0 Å². The second-order valence-corrected chi connectivity index (χ2v) is 6.03. The number of nitrogens with zero attached hydrogens (tertiary/aromatic N) is 2. The lowest BCUT2D eigenvalue weighted by atomic mass is 10.1. The van der Waals surface area contributed by atoms with E-state index in [2.05, 4.69) is 0 Å². The smallest absolute Gasteiger partial charge is 0.292 e. The van der Waals surface area contributed by atoms with Gasteiger partial charge in [0.05, 0.1) is 4.92 Å². The second-order valence-electron chi connectivity index (χ2n) is 6.03. The van der Waals surface area contributed by atoms with Gasteiger partial charge in [0, 0.05) is 24.7 Å². The van der Waals surface area contributed by atoms with E-state index in [1.54, 1.807) is 11.0 Å². The van der Waals surface area contributed by atoms with Gasteiger partial charge in [0.2, 0.25) is 0 Å². The number of carbonyl (C=O) groups excluding carboxylic acids is 1. The highest BCUT2D eigenvalue weighted by atomic mass is 16.6. The molecule has 6 heteroatoms. The molecule has 21 heavy (non-hydrogen) atoms. The van der Waals surface area contributed by atoms with Crippen LogP contribution >= 0.6 is 0 Å². The highest BCUT2D eigenvalue weighted by molar-refractivity contribution is 5.95. The van der Waals surface area contributed by atoms with Crippen molar-refractivity contribution in [2.45, 2.75) is 27.7 Å². The van der Waals surface area contributed by atoms with Gasteiger partial charge >= 0.3 is 0 Å². The van der Waals surface area contributed by atoms with E-state index in [-0.39, 0.29) is 17.3 Å². The molecule has 0 aliphatic carbocycles. The van der Waals surface area contributed by atoms with E-state index < -0.39 is 4.92 Å². The van der Waals surface area contributed by atoms with Crippen LogP contribution < -0.4 is 5.73 Å². The number of hydrogen-bond acceptors (Lipinski definition) is 4. The molecule has 0 spiro atoms. The number of nitrogen functional groups attached to an aromatic ring is 1. The van der Waals surface area contributed by atoms with Gasteiger partial charge in [-0.2, -0.15) is 0 Å². The molecular formula is C15H23N3O3. The van der Waals surface area contributed by atoms with Gasteiger partial charge in [0.15, 0.2) is 0 Å². The predicted molar refractivity (Wildman–Crippen MR) is 83.1 cm³/mol. The molecule has 1 rings (SSSR count). The summed E-state index contributed by atoms with van der Waals surface area (Å²) in [6.07, 6.45) is 0. The minimum absolute atomic E-state index is 0.0656. The molecule has 0 aliphatic heterocycles. The van der Waals surface area contributed by atoms with Gasteiger partial charge in [-0.1, -0.05) is 27.7 Å². The van der Waals surface area contributed by atoms with Gasteiger partial charge in [-0.15, -0.1) is 0 Å². The molecule has 0 atom stereocenters. The summed E-state index contributed by atoms with van der Waals surface area (Å²) < 4.78 is 0. The van der Waals surface area contributed by atoms with Crippen molar-refractivity contribution >= 4 is 17.3 Å². The van der Waals surface area contributed by atoms with Gasteiger partial charge in [0.1, 0.15) is 5.69 Å². The molecule has 0 aliphatic rings. The van der Waals surface area contributed by atoms with Crippen molar-refractivity contribution in [2.24, 2.45) is 11.8 Å². The minimum Gasteiger partial charge on any atom is -0.393 e. The van der Waals surface area contributed by atoms with Gasteiger partial charge in [-0.25, -0.2) is 0 Å². The molecule has 116 valence electrons. The maximum Gasteiger partial charge on any atom is 0.292 e. The fraction of sp³-hybridized carbons (Fsp3) is 0.533. The Hall–Kier alpha value is -2.11. The lowest BCUT2D eigenvalue weighted by molar-refractivity contribution is -0.383. The molecule has 1 aromatic carbocycles. The highest BCUT2D eigenvalue weighted by Crippen LogP contribution is 2.23. The zero-order valence-corrected chi connectivity index (χ0v) is 13.0. The molecule has 0 aromatic heterocycles. The zero-order chi connectivity index (χ0) is 16.2. The van der Waals surface area contributed by atoms with E-state index in [1.165, 1.54) is 12.1 Å². The van der Waals surface area contributed by atoms with Crippen LogP contribution in [0.3, 0.4) is 0 Å². The first-order valence-corrected chi connectivity index (χ1v) is 7.05. The maximum atomic E-state index is 12.6. The molecule has 2 N–H and O–H groups in total. The number of nitro benzene ring substituents is 1. The van der Waals surface area contributed by atoms with Crippen molar-refractivity contribution in [3.8, 4) is 0 Å². The summed E-state index contributed by atoms with van der Waals surface area (Å²) in [7, 11) is 0. The Morgan fingerprint density at radius 1 is 1.24 bits per heavy atom. The molecule has 0 radical (unpaired) electrons. The molecule has 0 saturated carbocycles. The maximum absolute atomic E-state index is 12.6. The lowest BCUT2D eigenvalue weighted by Crippen LogP contribution is -2.37. The summed E-state index contributed by atoms with van der Waals surface area (Å²) >= 11 is 0. The molecule has 0 bridgehead atoms. The topological polar surface area (TPSA) is 89.5 Å². The lowest BCUT2D eigenvalue weighted by Gasteiger charge is -2.26. The Bertz CT molecular complexity index is 517. The first-order chi connectivity index (χ1) is 9.72. The molecule has 6 nitrogen and oxygen atoms in total. The van der Waals surface area contributed by atoms with Crippen molar-refractivity contribution in [2.75, 3.05) is 18.8 Å². The van der Waals surface area contributed by atoms with Crippen LogP contribution in [0.2, 0.25) is 0 Å². The largest absolute Gasteiger partial charge is 0.393 e. The minimum atomic E-state index is -0.568. The third-order valence-electron chi connectivity index (χ3n) is 2.93. The summed E-state index contributed by atoms with van der Waals surface area (Å²) in [6, 6.07) is 4.21. The quantitative estimate of drug-likeness (QED) is 0.496. The molecule has 0 unspecified atom stereocenters. The van der Waals surface area contributed by atoms with Gasteiger partial charge in [-0.3, -0.25) is 14.9 Å². The Kier molecular flexibility index (Phi) is 5.69. The number of anilines is 1. The van der Waals surface area contributed by atoms with Crippen LogP contribution in [0.5, 0.6) is 0 Å². The first kappa shape index (κ1) is 16.9. The average Bonchev–Trinajstić information content (AvgIpc) is 2.36. The van der Waals surface area contributed by atoms with E-state index in [0.717, 1.165) is 0 Å². The van der Waals surface area contributed by atoms with Crippen LogP contribution in [0.25, 0.3) is 0 Å². The van der Waals surface area contributed by atoms with Crippen LogP contribution in [0, 0.1) is 22.0 Å². The first-order valence-electron chi connectivity index (χ1n) is 7.05. The van der Waals surface area contributed by atoms with E-state index in [0.29, 0.717) is 30.5 Å². The Morgan fingerprint density at radius 3 is 2.19 bits per heavy atom. The van der Waals surface area contributed by atoms with Crippen LogP contribution in [0.1, 0.15) is 38.1 Å². The summed E-state index contributed by atoms with van der Waals surface area (Å²) in [5, 5.41) is 10.9. The van der Waals surface area contributed by atoms with E-state index in [1.807, 2.05) is 27.7 Å². The summed E-state index contributed by atoms with van der Waals surface area (Å²) in [5.41, 5.74) is 5.70. The summed E-state index contributed by atoms with van der Waals surface area (Å²) in [4.78, 5) is 24.7.